The van der Waals surface area contributed by atoms with Gasteiger partial charge in [-0.05, 0) is 39.7 Å². The average Bonchev–Trinajstić information content (AvgIpc) is 3.24. The van der Waals surface area contributed by atoms with Crippen LogP contribution in [0, 0.1) is 0 Å². The third-order valence-electron chi connectivity index (χ3n) is 4.30. The number of rotatable bonds is 4. The second kappa shape index (κ2) is 7.10. The molecule has 126 valence electrons. The minimum absolute atomic E-state index is 0.0662. The fourth-order valence-electron chi connectivity index (χ4n) is 3.05. The molecular weight excluding hydrogens is 396 g/mol. The average molecular weight is 413 g/mol. The Morgan fingerprint density at radius 3 is 2.60 bits per heavy atom. The van der Waals surface area contributed by atoms with E-state index in [1.54, 1.807) is 11.8 Å². The third kappa shape index (κ3) is 3.39. The highest BCUT2D eigenvalue weighted by Gasteiger charge is 2.33. The molecule has 2 aromatic carbocycles. The topological polar surface area (TPSA) is 25.2 Å². The molecule has 0 aliphatic carbocycles. The van der Waals surface area contributed by atoms with Gasteiger partial charge in [-0.1, -0.05) is 42.5 Å². The van der Waals surface area contributed by atoms with Crippen molar-refractivity contribution in [3.05, 3.63) is 88.7 Å². The molecule has 1 atom stereocenters. The lowest BCUT2D eigenvalue weighted by molar-refractivity contribution is -0.128. The summed E-state index contributed by atoms with van der Waals surface area (Å²) in [6.45, 7) is 0.650. The molecule has 1 saturated heterocycles. The zero-order valence-electron chi connectivity index (χ0n) is 13.5. The van der Waals surface area contributed by atoms with Crippen LogP contribution in [0.3, 0.4) is 0 Å². The summed E-state index contributed by atoms with van der Waals surface area (Å²) in [5, 5.41) is 0.0662. The second-order valence-electron chi connectivity index (χ2n) is 5.97. The van der Waals surface area contributed by atoms with Gasteiger partial charge in [0, 0.05) is 29.0 Å². The van der Waals surface area contributed by atoms with Crippen LogP contribution >= 0.6 is 27.7 Å². The molecule has 25 heavy (non-hydrogen) atoms. The summed E-state index contributed by atoms with van der Waals surface area (Å²) in [6.07, 6.45) is 4.17. The molecule has 5 heteroatoms. The van der Waals surface area contributed by atoms with Crippen molar-refractivity contribution in [1.29, 1.82) is 0 Å². The molecule has 0 bridgehead atoms. The van der Waals surface area contributed by atoms with Gasteiger partial charge < -0.3 is 9.47 Å². The Hall–Kier alpha value is -1.98. The zero-order valence-corrected chi connectivity index (χ0v) is 15.9. The van der Waals surface area contributed by atoms with Gasteiger partial charge in [-0.25, -0.2) is 0 Å². The maximum Gasteiger partial charge on any atom is 0.234 e. The maximum absolute atomic E-state index is 12.4. The fraction of sp³-hybridized carbons (Fsp3) is 0.150. The predicted molar refractivity (Wildman–Crippen MR) is 106 cm³/mol. The van der Waals surface area contributed by atoms with E-state index in [9.17, 15) is 4.79 Å². The Morgan fingerprint density at radius 2 is 1.80 bits per heavy atom. The fourth-order valence-corrected chi connectivity index (χ4v) is 4.71. The smallest absolute Gasteiger partial charge is 0.234 e. The van der Waals surface area contributed by atoms with E-state index in [4.69, 9.17) is 0 Å². The van der Waals surface area contributed by atoms with E-state index >= 15 is 0 Å². The highest BCUT2D eigenvalue weighted by molar-refractivity contribution is 9.10. The molecule has 3 nitrogen and oxygen atoms in total. The van der Waals surface area contributed by atoms with Crippen LogP contribution in [0.25, 0.3) is 5.69 Å². The molecule has 1 aromatic heterocycles. The Labute approximate surface area is 159 Å². The molecule has 1 aliphatic heterocycles. The van der Waals surface area contributed by atoms with Crippen molar-refractivity contribution in [2.75, 3.05) is 5.75 Å². The van der Waals surface area contributed by atoms with Crippen LogP contribution < -0.4 is 0 Å². The maximum atomic E-state index is 12.4. The lowest BCUT2D eigenvalue weighted by Gasteiger charge is -2.23. The number of benzene rings is 2. The first kappa shape index (κ1) is 16.5. The van der Waals surface area contributed by atoms with Crippen LogP contribution in [0.4, 0.5) is 0 Å². The lowest BCUT2D eigenvalue weighted by atomic mass is 10.2. The van der Waals surface area contributed by atoms with Gasteiger partial charge >= 0.3 is 0 Å². The van der Waals surface area contributed by atoms with Crippen molar-refractivity contribution in [2.45, 2.75) is 11.9 Å². The van der Waals surface area contributed by atoms with Crippen molar-refractivity contribution in [2.24, 2.45) is 0 Å². The summed E-state index contributed by atoms with van der Waals surface area (Å²) in [7, 11) is 0. The first-order valence-corrected chi connectivity index (χ1v) is 9.94. The predicted octanol–water partition coefficient (Wildman–Crippen LogP) is 5.01. The van der Waals surface area contributed by atoms with E-state index in [1.807, 2.05) is 41.3 Å². The normalized spacial score (nSPS) is 17.2. The van der Waals surface area contributed by atoms with Crippen LogP contribution in [0.5, 0.6) is 0 Å². The standard InChI is InChI=1S/C20H17BrN2OS/c21-17-8-4-5-9-18(17)22-11-10-16(13-22)20-23(19(24)14-25-20)12-15-6-2-1-3-7-15/h1-11,13,20H,12,14H2/t20-/m0/s1. The number of amides is 1. The summed E-state index contributed by atoms with van der Waals surface area (Å²) in [6, 6.07) is 20.4. The van der Waals surface area contributed by atoms with Gasteiger partial charge in [0.1, 0.15) is 5.37 Å². The Balaban J connectivity index is 1.60. The molecule has 0 radical (unpaired) electrons. The Morgan fingerprint density at radius 1 is 1.04 bits per heavy atom. The first-order valence-electron chi connectivity index (χ1n) is 8.10. The SMILES string of the molecule is O=C1CS[C@@H](c2ccn(-c3ccccc3Br)c2)N1Cc1ccccc1. The third-order valence-corrected chi connectivity index (χ3v) is 6.22. The number of hydrogen-bond acceptors (Lipinski definition) is 2. The Kier molecular flexibility index (Phi) is 4.68. The van der Waals surface area contributed by atoms with E-state index in [0.29, 0.717) is 12.3 Å². The van der Waals surface area contributed by atoms with Crippen molar-refractivity contribution in [3.8, 4) is 5.69 Å². The van der Waals surface area contributed by atoms with E-state index in [0.717, 1.165) is 21.3 Å². The molecule has 1 amide bonds. The number of halogens is 1. The summed E-state index contributed by atoms with van der Waals surface area (Å²) in [5.41, 5.74) is 3.41. The van der Waals surface area contributed by atoms with E-state index in [2.05, 4.69) is 57.2 Å². The van der Waals surface area contributed by atoms with Gasteiger partial charge in [0.05, 0.1) is 11.4 Å². The molecular formula is C20H17BrN2OS. The van der Waals surface area contributed by atoms with Crippen molar-refractivity contribution in [1.82, 2.24) is 9.47 Å². The first-order chi connectivity index (χ1) is 12.2. The largest absolute Gasteiger partial charge is 0.322 e. The van der Waals surface area contributed by atoms with Crippen LogP contribution in [-0.4, -0.2) is 21.1 Å². The monoisotopic (exact) mass is 412 g/mol. The molecule has 0 N–H and O–H groups in total. The lowest BCUT2D eigenvalue weighted by Crippen LogP contribution is -2.27. The molecule has 0 unspecified atom stereocenters. The number of nitrogens with zero attached hydrogens (tertiary/aromatic N) is 2. The molecule has 1 aliphatic rings. The molecule has 4 rings (SSSR count). The van der Waals surface area contributed by atoms with E-state index < -0.39 is 0 Å². The second-order valence-corrected chi connectivity index (χ2v) is 7.90. The van der Waals surface area contributed by atoms with Gasteiger partial charge in [0.15, 0.2) is 0 Å². The van der Waals surface area contributed by atoms with Crippen LogP contribution in [0.1, 0.15) is 16.5 Å². The molecule has 1 fully saturated rings. The summed E-state index contributed by atoms with van der Waals surface area (Å²) >= 11 is 5.30. The van der Waals surface area contributed by atoms with Crippen LogP contribution in [0.15, 0.2) is 77.5 Å². The van der Waals surface area contributed by atoms with Gasteiger partial charge in [0.2, 0.25) is 5.91 Å². The molecule has 0 spiro atoms. The number of para-hydroxylation sites is 1. The van der Waals surface area contributed by atoms with Gasteiger partial charge in [0.25, 0.3) is 0 Å². The quantitative estimate of drug-likeness (QED) is 0.601. The van der Waals surface area contributed by atoms with Crippen molar-refractivity contribution >= 4 is 33.6 Å². The number of aromatic nitrogens is 1. The molecule has 2 heterocycles. The number of carbonyl (C=O) groups is 1. The van der Waals surface area contributed by atoms with Gasteiger partial charge in [-0.2, -0.15) is 0 Å². The molecule has 3 aromatic rings. The zero-order chi connectivity index (χ0) is 17.2. The van der Waals surface area contributed by atoms with E-state index in [1.165, 1.54) is 0 Å². The van der Waals surface area contributed by atoms with E-state index in [-0.39, 0.29) is 11.3 Å². The minimum atomic E-state index is 0.0662. The highest BCUT2D eigenvalue weighted by Crippen LogP contribution is 2.40. The minimum Gasteiger partial charge on any atom is -0.322 e. The van der Waals surface area contributed by atoms with Crippen LogP contribution in [0.2, 0.25) is 0 Å². The number of thioether (sulfide) groups is 1. The van der Waals surface area contributed by atoms with Crippen LogP contribution in [-0.2, 0) is 11.3 Å². The summed E-state index contributed by atoms with van der Waals surface area (Å²) in [4.78, 5) is 14.4. The summed E-state index contributed by atoms with van der Waals surface area (Å²) < 4.78 is 3.15. The number of carbonyl (C=O) groups excluding carboxylic acids is 1. The highest BCUT2D eigenvalue weighted by atomic mass is 79.9. The van der Waals surface area contributed by atoms with Crippen molar-refractivity contribution < 1.29 is 4.79 Å². The Bertz CT molecular complexity index is 893. The number of hydrogen-bond donors (Lipinski definition) is 0. The van der Waals surface area contributed by atoms with Gasteiger partial charge in [-0.15, -0.1) is 11.8 Å². The van der Waals surface area contributed by atoms with Gasteiger partial charge in [-0.3, -0.25) is 4.79 Å². The molecule has 0 saturated carbocycles. The van der Waals surface area contributed by atoms with Crippen molar-refractivity contribution in [3.63, 3.8) is 0 Å². The summed E-state index contributed by atoms with van der Waals surface area (Å²) in [5.74, 6) is 0.741.